The van der Waals surface area contributed by atoms with Gasteiger partial charge in [0.2, 0.25) is 0 Å². The lowest BCUT2D eigenvalue weighted by molar-refractivity contribution is 1.18. The van der Waals surface area contributed by atoms with E-state index in [1.54, 1.807) is 0 Å². The Bertz CT molecular complexity index is 5340. The molecule has 448 valence electrons. The van der Waals surface area contributed by atoms with Gasteiger partial charge < -0.3 is 9.13 Å². The molecule has 15 aromatic carbocycles. The van der Waals surface area contributed by atoms with Crippen molar-refractivity contribution in [2.75, 3.05) is 0 Å². The van der Waals surface area contributed by atoms with E-state index in [0.29, 0.717) is 0 Å². The molecule has 0 fully saturated rings. The van der Waals surface area contributed by atoms with Crippen molar-refractivity contribution in [3.63, 3.8) is 0 Å². The minimum Gasteiger partial charge on any atom is -0.309 e. The fraction of sp³-hybridized carbons (Fsp3) is 0. The molecular weight excluding hydrogens is 1160 g/mol. The van der Waals surface area contributed by atoms with E-state index in [0.717, 1.165) is 100 Å². The highest BCUT2D eigenvalue weighted by Crippen LogP contribution is 2.44. The van der Waals surface area contributed by atoms with Crippen LogP contribution in [0.3, 0.4) is 0 Å². The van der Waals surface area contributed by atoms with Crippen LogP contribution in [0.25, 0.3) is 178 Å². The number of rotatable bonds is 12. The van der Waals surface area contributed by atoms with Crippen LogP contribution < -0.4 is 0 Å². The summed E-state index contributed by atoms with van der Waals surface area (Å²) in [6, 6.07) is 132. The Hall–Kier alpha value is -12.8. The largest absolute Gasteiger partial charge is 0.309 e. The summed E-state index contributed by atoms with van der Waals surface area (Å²) in [5.74, 6) is 0. The maximum absolute atomic E-state index is 5.95. The zero-order chi connectivity index (χ0) is 63.5. The van der Waals surface area contributed by atoms with Gasteiger partial charge in [-0.2, -0.15) is 0 Å². The lowest BCUT2D eigenvalue weighted by Gasteiger charge is -2.17. The fourth-order valence-corrected chi connectivity index (χ4v) is 14.3. The standard InChI is InChI=1S/C92H60N4/c1-7-19-61(20-8-1)67-31-35-69(36-32-67)79-51-52-80(70-37-33-68(34-38-70)62-21-9-2-10-22-62)92-91(79)93-89(71-39-47-77(48-40-71)95-85-53-43-73(63-23-11-3-12-24-63)57-81(85)82-58-74(44-54-86(82)95)64-25-13-4-14-26-64)90(94-92)72-41-49-78(50-42-72)96-87-55-45-75(65-27-15-5-16-28-65)59-83(87)84-60-76(46-56-88(84)96)66-29-17-6-18-30-66/h1-60H. The second kappa shape index (κ2) is 23.7. The molecule has 18 aromatic rings. The smallest absolute Gasteiger partial charge is 0.0979 e. The summed E-state index contributed by atoms with van der Waals surface area (Å²) in [5.41, 5.74) is 30.1. The number of benzene rings is 15. The second-order valence-electron chi connectivity index (χ2n) is 24.8. The molecule has 0 saturated carbocycles. The third-order valence-electron chi connectivity index (χ3n) is 19.2. The Balaban J connectivity index is 0.829. The zero-order valence-electron chi connectivity index (χ0n) is 52.4. The minimum atomic E-state index is 0.793. The summed E-state index contributed by atoms with van der Waals surface area (Å²) in [6.07, 6.45) is 0. The van der Waals surface area contributed by atoms with Crippen molar-refractivity contribution in [1.82, 2.24) is 19.1 Å². The van der Waals surface area contributed by atoms with Gasteiger partial charge in [0.25, 0.3) is 0 Å². The average Bonchev–Trinajstić information content (AvgIpc) is 1.47. The lowest BCUT2D eigenvalue weighted by atomic mass is 9.94. The molecule has 0 radical (unpaired) electrons. The molecule has 0 N–H and O–H groups in total. The van der Waals surface area contributed by atoms with E-state index in [1.165, 1.54) is 77.2 Å². The van der Waals surface area contributed by atoms with Gasteiger partial charge in [-0.15, -0.1) is 0 Å². The summed E-state index contributed by atoms with van der Waals surface area (Å²) in [4.78, 5) is 11.9. The maximum atomic E-state index is 5.95. The molecule has 0 saturated heterocycles. The van der Waals surface area contributed by atoms with Crippen molar-refractivity contribution in [3.05, 3.63) is 364 Å². The third-order valence-corrected chi connectivity index (χ3v) is 19.2. The van der Waals surface area contributed by atoms with Crippen LogP contribution in [-0.2, 0) is 0 Å². The van der Waals surface area contributed by atoms with Crippen molar-refractivity contribution in [1.29, 1.82) is 0 Å². The van der Waals surface area contributed by atoms with Gasteiger partial charge in [0.1, 0.15) is 0 Å². The second-order valence-corrected chi connectivity index (χ2v) is 24.8. The first-order chi connectivity index (χ1) is 47.6. The van der Waals surface area contributed by atoms with Gasteiger partial charge in [-0.3, -0.25) is 0 Å². The highest BCUT2D eigenvalue weighted by atomic mass is 15.0. The van der Waals surface area contributed by atoms with E-state index in [-0.39, 0.29) is 0 Å². The van der Waals surface area contributed by atoms with Gasteiger partial charge in [-0.05, 0) is 151 Å². The lowest BCUT2D eigenvalue weighted by Crippen LogP contribution is -2.00. The summed E-state index contributed by atoms with van der Waals surface area (Å²) in [6.45, 7) is 0. The van der Waals surface area contributed by atoms with Crippen molar-refractivity contribution >= 4 is 54.6 Å². The van der Waals surface area contributed by atoms with Crippen LogP contribution in [0.4, 0.5) is 0 Å². The molecule has 4 heteroatoms. The van der Waals surface area contributed by atoms with Gasteiger partial charge in [0, 0.05) is 55.2 Å². The molecule has 0 spiro atoms. The van der Waals surface area contributed by atoms with Crippen LogP contribution in [0, 0.1) is 0 Å². The molecule has 0 aliphatic rings. The van der Waals surface area contributed by atoms with Crippen molar-refractivity contribution < 1.29 is 0 Å². The summed E-state index contributed by atoms with van der Waals surface area (Å²) < 4.78 is 4.83. The van der Waals surface area contributed by atoms with E-state index < -0.39 is 0 Å². The van der Waals surface area contributed by atoms with Crippen LogP contribution in [0.15, 0.2) is 364 Å². The van der Waals surface area contributed by atoms with Crippen molar-refractivity contribution in [2.24, 2.45) is 0 Å². The van der Waals surface area contributed by atoms with Crippen LogP contribution in [0.2, 0.25) is 0 Å². The quantitative estimate of drug-likeness (QED) is 0.122. The van der Waals surface area contributed by atoms with E-state index in [9.17, 15) is 0 Å². The first-order valence-electron chi connectivity index (χ1n) is 32.8. The Kier molecular flexibility index (Phi) is 13.8. The fourth-order valence-electron chi connectivity index (χ4n) is 14.3. The zero-order valence-corrected chi connectivity index (χ0v) is 52.4. The van der Waals surface area contributed by atoms with Gasteiger partial charge in [-0.25, -0.2) is 9.97 Å². The molecular formula is C92H60N4. The van der Waals surface area contributed by atoms with E-state index in [2.05, 4.69) is 373 Å². The average molecular weight is 1220 g/mol. The van der Waals surface area contributed by atoms with Gasteiger partial charge >= 0.3 is 0 Å². The first kappa shape index (κ1) is 56.0. The highest BCUT2D eigenvalue weighted by Gasteiger charge is 2.23. The Morgan fingerprint density at radius 1 is 0.167 bits per heavy atom. The molecule has 0 aliphatic heterocycles. The van der Waals surface area contributed by atoms with E-state index >= 15 is 0 Å². The molecule has 96 heavy (non-hydrogen) atoms. The van der Waals surface area contributed by atoms with Gasteiger partial charge in [-0.1, -0.05) is 291 Å². The molecule has 0 atom stereocenters. The number of aromatic nitrogens is 4. The molecule has 0 amide bonds. The van der Waals surface area contributed by atoms with Gasteiger partial charge in [0.15, 0.2) is 0 Å². The molecule has 18 rings (SSSR count). The number of nitrogens with zero attached hydrogens (tertiary/aromatic N) is 4. The summed E-state index contributed by atoms with van der Waals surface area (Å²) in [5, 5.41) is 4.79. The van der Waals surface area contributed by atoms with E-state index in [1.807, 2.05) is 0 Å². The van der Waals surface area contributed by atoms with Crippen molar-refractivity contribution in [3.8, 4) is 123 Å². The Morgan fingerprint density at radius 3 is 0.635 bits per heavy atom. The Morgan fingerprint density at radius 2 is 0.375 bits per heavy atom. The maximum Gasteiger partial charge on any atom is 0.0979 e. The molecule has 3 aromatic heterocycles. The Labute approximate surface area is 557 Å². The summed E-state index contributed by atoms with van der Waals surface area (Å²) in [7, 11) is 0. The van der Waals surface area contributed by atoms with Crippen LogP contribution in [0.5, 0.6) is 0 Å². The number of hydrogen-bond acceptors (Lipinski definition) is 2. The third kappa shape index (κ3) is 10.0. The van der Waals surface area contributed by atoms with Crippen LogP contribution >= 0.6 is 0 Å². The number of fused-ring (bicyclic) bond motifs is 7. The topological polar surface area (TPSA) is 35.6 Å². The normalized spacial score (nSPS) is 11.5. The SMILES string of the molecule is c1ccc(-c2ccc(-c3ccc(-c4ccc(-c5ccccc5)cc4)c4nc(-c5ccc(-n6c7ccc(-c8ccccc8)cc7c7cc(-c8ccccc8)ccc76)cc5)c(-c5ccc(-n6c7ccc(-c8ccccc8)cc7c7cc(-c8ccccc8)ccc76)cc5)nc34)cc2)cc1. The molecule has 0 unspecified atom stereocenters. The van der Waals surface area contributed by atoms with Crippen LogP contribution in [-0.4, -0.2) is 19.1 Å². The highest BCUT2D eigenvalue weighted by molar-refractivity contribution is 6.13. The first-order valence-corrected chi connectivity index (χ1v) is 32.8. The monoisotopic (exact) mass is 1220 g/mol. The van der Waals surface area contributed by atoms with Gasteiger partial charge in [0.05, 0.1) is 44.5 Å². The molecule has 4 nitrogen and oxygen atoms in total. The van der Waals surface area contributed by atoms with Crippen LogP contribution in [0.1, 0.15) is 0 Å². The summed E-state index contributed by atoms with van der Waals surface area (Å²) >= 11 is 0. The molecule has 0 bridgehead atoms. The molecule has 3 heterocycles. The minimum absolute atomic E-state index is 0.793. The predicted octanol–water partition coefficient (Wildman–Crippen LogP) is 24.5. The predicted molar refractivity (Wildman–Crippen MR) is 403 cm³/mol. The van der Waals surface area contributed by atoms with E-state index in [4.69, 9.17) is 9.97 Å². The number of hydrogen-bond donors (Lipinski definition) is 0. The van der Waals surface area contributed by atoms with Crippen molar-refractivity contribution in [2.45, 2.75) is 0 Å². The molecule has 0 aliphatic carbocycles.